The third-order valence-electron chi connectivity index (χ3n) is 7.57. The Morgan fingerprint density at radius 2 is 1.86 bits per heavy atom. The first kappa shape index (κ1) is 31.0. The quantitative estimate of drug-likeness (QED) is 0.242. The van der Waals surface area contributed by atoms with Crippen LogP contribution in [0.25, 0.3) is 11.0 Å². The van der Waals surface area contributed by atoms with Crippen molar-refractivity contribution in [1.29, 1.82) is 0 Å². The molecule has 9 nitrogen and oxygen atoms in total. The van der Waals surface area contributed by atoms with E-state index in [9.17, 15) is 27.9 Å². The summed E-state index contributed by atoms with van der Waals surface area (Å²) in [7, 11) is 0. The minimum Gasteiger partial charge on any atom is -0.384 e. The van der Waals surface area contributed by atoms with E-state index in [1.165, 1.54) is 19.3 Å². The van der Waals surface area contributed by atoms with Crippen molar-refractivity contribution < 1.29 is 27.9 Å². The number of Topliss-reactive ketones (excluding diaryl/α,β-unsaturated/α-hetero) is 1. The van der Waals surface area contributed by atoms with Crippen molar-refractivity contribution in [1.82, 2.24) is 24.6 Å². The lowest BCUT2D eigenvalue weighted by atomic mass is 9.98. The minimum atomic E-state index is -4.68. The van der Waals surface area contributed by atoms with Gasteiger partial charge in [0.1, 0.15) is 23.9 Å². The maximum absolute atomic E-state index is 13.3. The second-order valence-corrected chi connectivity index (χ2v) is 11.1. The fourth-order valence-electron chi connectivity index (χ4n) is 5.18. The van der Waals surface area contributed by atoms with Crippen LogP contribution in [-0.2, 0) is 17.4 Å². The Kier molecular flexibility index (Phi) is 8.63. The molecule has 1 aliphatic rings. The zero-order chi connectivity index (χ0) is 31.8. The maximum atomic E-state index is 13.3. The average molecular weight is 625 g/mol. The van der Waals surface area contributed by atoms with Gasteiger partial charge in [-0.05, 0) is 68.0 Å². The molecular formula is C31H28ClF3N6O3. The molecule has 1 saturated heterocycles. The van der Waals surface area contributed by atoms with E-state index in [4.69, 9.17) is 22.4 Å². The smallest absolute Gasteiger partial charge is 0.384 e. The number of nitrogen functional groups attached to an aromatic ring is 1. The molecule has 0 unspecified atom stereocenters. The fraction of sp³-hybridized carbons (Fsp3) is 0.323. The summed E-state index contributed by atoms with van der Waals surface area (Å²) in [5, 5.41) is 14.4. The SMILES string of the molecule is Cc1ccc(CC(=O)c2ccc(Cl)c(C(F)(F)F)c2)cc1C#Cc1nn(C2CCN(C(=O)[C@@H](C)O)CC2)c2ncnc(N)c12. The number of aryl methyl sites for hydroxylation is 1. The lowest BCUT2D eigenvalue weighted by molar-refractivity contribution is -0.140. The van der Waals surface area contributed by atoms with Gasteiger partial charge in [-0.15, -0.1) is 0 Å². The lowest BCUT2D eigenvalue weighted by Crippen LogP contribution is -2.43. The van der Waals surface area contributed by atoms with Gasteiger partial charge in [0, 0.05) is 30.6 Å². The topological polar surface area (TPSA) is 127 Å². The molecule has 1 amide bonds. The second kappa shape index (κ2) is 12.3. The predicted molar refractivity (Wildman–Crippen MR) is 158 cm³/mol. The van der Waals surface area contributed by atoms with Crippen molar-refractivity contribution in [2.75, 3.05) is 18.8 Å². The molecule has 228 valence electrons. The molecule has 1 aliphatic heterocycles. The molecule has 1 fully saturated rings. The number of aromatic nitrogens is 4. The molecule has 44 heavy (non-hydrogen) atoms. The number of hydrogen-bond donors (Lipinski definition) is 2. The van der Waals surface area contributed by atoms with Crippen LogP contribution < -0.4 is 5.73 Å². The molecule has 0 aliphatic carbocycles. The number of anilines is 1. The Morgan fingerprint density at radius 1 is 1.14 bits per heavy atom. The largest absolute Gasteiger partial charge is 0.417 e. The molecule has 0 saturated carbocycles. The molecule has 3 N–H and O–H groups in total. The molecule has 2 aromatic carbocycles. The van der Waals surface area contributed by atoms with E-state index in [2.05, 4.69) is 21.8 Å². The first-order valence-corrected chi connectivity index (χ1v) is 14.2. The summed E-state index contributed by atoms with van der Waals surface area (Å²) in [6.07, 6.45) is -3.34. The highest BCUT2D eigenvalue weighted by molar-refractivity contribution is 6.31. The molecule has 3 heterocycles. The van der Waals surface area contributed by atoms with E-state index in [1.807, 2.05) is 6.92 Å². The number of fused-ring (bicyclic) bond motifs is 1. The first-order valence-electron chi connectivity index (χ1n) is 13.8. The number of hydrogen-bond acceptors (Lipinski definition) is 7. The van der Waals surface area contributed by atoms with Crippen LogP contribution in [0, 0.1) is 18.8 Å². The number of aliphatic hydroxyl groups excluding tert-OH is 1. The minimum absolute atomic E-state index is 0.0813. The fourth-order valence-corrected chi connectivity index (χ4v) is 5.40. The summed E-state index contributed by atoms with van der Waals surface area (Å²) >= 11 is 5.70. The number of carbonyl (C=O) groups excluding carboxylic acids is 2. The average Bonchev–Trinajstić information content (AvgIpc) is 3.36. The number of rotatable bonds is 5. The summed E-state index contributed by atoms with van der Waals surface area (Å²) in [5.74, 6) is 5.56. The van der Waals surface area contributed by atoms with Gasteiger partial charge >= 0.3 is 6.18 Å². The number of piperidine rings is 1. The van der Waals surface area contributed by atoms with Gasteiger partial charge in [0.25, 0.3) is 5.91 Å². The van der Waals surface area contributed by atoms with E-state index >= 15 is 0 Å². The molecule has 0 bridgehead atoms. The van der Waals surface area contributed by atoms with Gasteiger partial charge < -0.3 is 15.7 Å². The Balaban J connectivity index is 1.41. The summed E-state index contributed by atoms with van der Waals surface area (Å²) < 4.78 is 41.6. The molecule has 1 atom stereocenters. The van der Waals surface area contributed by atoms with Crippen LogP contribution in [0.15, 0.2) is 42.7 Å². The monoisotopic (exact) mass is 624 g/mol. The maximum Gasteiger partial charge on any atom is 0.417 e. The summed E-state index contributed by atoms with van der Waals surface area (Å²) in [6, 6.07) is 8.26. The first-order chi connectivity index (χ1) is 20.8. The number of halogens is 4. The van der Waals surface area contributed by atoms with Crippen molar-refractivity contribution in [2.45, 2.75) is 51.4 Å². The third-order valence-corrected chi connectivity index (χ3v) is 7.90. The number of likely N-dealkylation sites (tertiary alicyclic amines) is 1. The number of benzene rings is 2. The molecule has 0 radical (unpaired) electrons. The van der Waals surface area contributed by atoms with Crippen LogP contribution in [-0.4, -0.2) is 60.6 Å². The Morgan fingerprint density at radius 3 is 2.55 bits per heavy atom. The van der Waals surface area contributed by atoms with Gasteiger partial charge in [0.05, 0.1) is 22.0 Å². The van der Waals surface area contributed by atoms with Gasteiger partial charge in [0.15, 0.2) is 11.4 Å². The van der Waals surface area contributed by atoms with E-state index < -0.39 is 28.6 Å². The van der Waals surface area contributed by atoms with Crippen molar-refractivity contribution in [3.05, 3.63) is 81.3 Å². The predicted octanol–water partition coefficient (Wildman–Crippen LogP) is 4.76. The van der Waals surface area contributed by atoms with Crippen LogP contribution in [0.1, 0.15) is 64.1 Å². The molecule has 13 heteroatoms. The number of carbonyl (C=O) groups is 2. The Bertz CT molecular complexity index is 1820. The van der Waals surface area contributed by atoms with E-state index in [0.29, 0.717) is 53.8 Å². The standard InChI is InChI=1S/C31H28ClF3N6O3/c1-17-3-4-19(14-26(43)21-5-7-24(32)23(15-21)31(33,34)35)13-20(17)6-8-25-27-28(36)37-16-38-29(27)41(39-25)22-9-11-40(12-10-22)30(44)18(2)42/h3-5,7,13,15-16,18,22,42H,9-12,14H2,1-2H3,(H2,36,37,38)/t18-/m1/s1. The van der Waals surface area contributed by atoms with Crippen molar-refractivity contribution in [2.24, 2.45) is 0 Å². The van der Waals surface area contributed by atoms with Crippen LogP contribution in [0.4, 0.5) is 19.0 Å². The third kappa shape index (κ3) is 6.39. The van der Waals surface area contributed by atoms with E-state index in [0.717, 1.165) is 17.7 Å². The van der Waals surface area contributed by atoms with Crippen molar-refractivity contribution in [3.63, 3.8) is 0 Å². The van der Waals surface area contributed by atoms with Gasteiger partial charge in [-0.3, -0.25) is 9.59 Å². The highest BCUT2D eigenvalue weighted by Gasteiger charge is 2.34. The zero-order valence-electron chi connectivity index (χ0n) is 23.8. The highest BCUT2D eigenvalue weighted by Crippen LogP contribution is 2.35. The van der Waals surface area contributed by atoms with E-state index in [-0.39, 0.29) is 29.8 Å². The van der Waals surface area contributed by atoms with Crippen molar-refractivity contribution >= 4 is 40.1 Å². The number of alkyl halides is 3. The number of nitrogens with two attached hydrogens (primary N) is 1. The molecule has 2 aromatic heterocycles. The number of ketones is 1. The normalized spacial score (nSPS) is 14.8. The zero-order valence-corrected chi connectivity index (χ0v) is 24.6. The lowest BCUT2D eigenvalue weighted by Gasteiger charge is -2.32. The van der Waals surface area contributed by atoms with Crippen LogP contribution in [0.5, 0.6) is 0 Å². The van der Waals surface area contributed by atoms with Crippen LogP contribution in [0.2, 0.25) is 5.02 Å². The Labute approximate surface area is 255 Å². The van der Waals surface area contributed by atoms with Gasteiger partial charge in [-0.2, -0.15) is 18.3 Å². The number of amides is 1. The number of aliphatic hydroxyl groups is 1. The number of nitrogens with zero attached hydrogens (tertiary/aromatic N) is 5. The Hall–Kier alpha value is -4.47. The van der Waals surface area contributed by atoms with Crippen molar-refractivity contribution in [3.8, 4) is 11.8 Å². The molecule has 4 aromatic rings. The highest BCUT2D eigenvalue weighted by atomic mass is 35.5. The second-order valence-electron chi connectivity index (χ2n) is 10.7. The summed E-state index contributed by atoms with van der Waals surface area (Å²) in [4.78, 5) is 35.2. The molecule has 0 spiro atoms. The van der Waals surface area contributed by atoms with Gasteiger partial charge in [-0.1, -0.05) is 29.7 Å². The van der Waals surface area contributed by atoms with Gasteiger partial charge in [0.2, 0.25) is 0 Å². The van der Waals surface area contributed by atoms with Crippen LogP contribution >= 0.6 is 11.6 Å². The van der Waals surface area contributed by atoms with Gasteiger partial charge in [-0.25, -0.2) is 14.6 Å². The molecule has 5 rings (SSSR count). The summed E-state index contributed by atoms with van der Waals surface area (Å²) in [5.41, 5.74) is 7.93. The van der Waals surface area contributed by atoms with E-state index in [1.54, 1.807) is 27.8 Å². The van der Waals surface area contributed by atoms with Crippen LogP contribution in [0.3, 0.4) is 0 Å². The molecular weight excluding hydrogens is 597 g/mol. The summed E-state index contributed by atoms with van der Waals surface area (Å²) in [6.45, 7) is 4.20.